The largest absolute Gasteiger partial charge is 0.404 e. The van der Waals surface area contributed by atoms with Crippen LogP contribution in [0.1, 0.15) is 25.3 Å². The van der Waals surface area contributed by atoms with Crippen LogP contribution in [0, 0.1) is 0 Å². The highest BCUT2D eigenvalue weighted by Gasteiger charge is 2.43. The van der Waals surface area contributed by atoms with E-state index in [0.29, 0.717) is 5.56 Å². The molecule has 0 radical (unpaired) electrons. The van der Waals surface area contributed by atoms with Crippen molar-refractivity contribution >= 4 is 29.6 Å². The Kier molecular flexibility index (Phi) is 10.8. The van der Waals surface area contributed by atoms with E-state index < -0.39 is 47.8 Å². The van der Waals surface area contributed by atoms with Crippen LogP contribution in [0.25, 0.3) is 0 Å². The molecule has 4 amide bonds. The zero-order valence-electron chi connectivity index (χ0n) is 18.6. The average Bonchev–Trinajstić information content (AvgIpc) is 2.75. The van der Waals surface area contributed by atoms with Crippen LogP contribution in [-0.2, 0) is 25.6 Å². The number of nitrogens with zero attached hydrogens (tertiary/aromatic N) is 1. The Morgan fingerprint density at radius 2 is 1.62 bits per heavy atom. The molecule has 12 nitrogen and oxygen atoms in total. The molecule has 1 aromatic carbocycles. The van der Waals surface area contributed by atoms with Crippen molar-refractivity contribution in [3.05, 3.63) is 35.9 Å². The van der Waals surface area contributed by atoms with Crippen molar-refractivity contribution in [2.45, 2.75) is 50.4 Å². The fourth-order valence-electron chi connectivity index (χ4n) is 2.70. The number of rotatable bonds is 13. The summed E-state index contributed by atoms with van der Waals surface area (Å²) >= 11 is 0. The molecule has 3 atom stereocenters. The van der Waals surface area contributed by atoms with Crippen molar-refractivity contribution in [1.29, 1.82) is 0 Å². The van der Waals surface area contributed by atoms with Crippen LogP contribution in [0.5, 0.6) is 0 Å². The van der Waals surface area contributed by atoms with E-state index in [1.165, 1.54) is 12.2 Å². The molecule has 0 saturated heterocycles. The van der Waals surface area contributed by atoms with E-state index in [0.717, 1.165) is 0 Å². The second kappa shape index (κ2) is 13.0. The molecule has 11 N–H and O–H groups in total. The van der Waals surface area contributed by atoms with Gasteiger partial charge in [-0.2, -0.15) is 8.78 Å². The molecule has 0 aromatic heterocycles. The predicted molar refractivity (Wildman–Crippen MR) is 120 cm³/mol. The maximum Gasteiger partial charge on any atom is 0.404 e. The molecule has 0 aliphatic rings. The van der Waals surface area contributed by atoms with Gasteiger partial charge in [-0.05, 0) is 25.3 Å². The van der Waals surface area contributed by atoms with Crippen LogP contribution in [0.2, 0.25) is 0 Å². The summed E-state index contributed by atoms with van der Waals surface area (Å²) in [4.78, 5) is 51.9. The lowest BCUT2D eigenvalue weighted by Gasteiger charge is -2.24. The van der Waals surface area contributed by atoms with E-state index in [-0.39, 0.29) is 31.8 Å². The topological polar surface area (TPSA) is 221 Å². The third kappa shape index (κ3) is 9.77. The molecule has 0 heterocycles. The molecule has 0 spiro atoms. The van der Waals surface area contributed by atoms with Crippen molar-refractivity contribution in [3.63, 3.8) is 0 Å². The first-order chi connectivity index (χ1) is 15.8. The molecular weight excluding hydrogens is 454 g/mol. The molecule has 14 heteroatoms. The van der Waals surface area contributed by atoms with Gasteiger partial charge in [0.1, 0.15) is 12.1 Å². The Labute approximate surface area is 194 Å². The molecule has 0 fully saturated rings. The highest BCUT2D eigenvalue weighted by atomic mass is 19.3. The summed E-state index contributed by atoms with van der Waals surface area (Å²) in [5.74, 6) is -5.31. The Hall–Kier alpha value is -3.81. The molecule has 0 bridgehead atoms. The third-order valence-electron chi connectivity index (χ3n) is 4.49. The number of benzene rings is 1. The smallest absolute Gasteiger partial charge is 0.370 e. The monoisotopic (exact) mass is 484 g/mol. The number of alkyl halides is 2. The molecule has 1 aromatic rings. The molecule has 0 unspecified atom stereocenters. The zero-order chi connectivity index (χ0) is 25.9. The van der Waals surface area contributed by atoms with Crippen LogP contribution in [0.3, 0.4) is 0 Å². The number of carbonyl (C=O) groups is 4. The molecule has 188 valence electrons. The van der Waals surface area contributed by atoms with Gasteiger partial charge in [-0.15, -0.1) is 0 Å². The summed E-state index contributed by atoms with van der Waals surface area (Å²) in [6.45, 7) is 1.40. The first-order valence-electron chi connectivity index (χ1n) is 10.3. The van der Waals surface area contributed by atoms with E-state index in [9.17, 15) is 28.0 Å². The maximum absolute atomic E-state index is 14.5. The summed E-state index contributed by atoms with van der Waals surface area (Å²) in [7, 11) is 0. The minimum absolute atomic E-state index is 0.0663. The van der Waals surface area contributed by atoms with E-state index in [2.05, 4.69) is 10.3 Å². The number of aliphatic imine (C=N–C) groups is 1. The van der Waals surface area contributed by atoms with Gasteiger partial charge < -0.3 is 33.6 Å². The third-order valence-corrected chi connectivity index (χ3v) is 4.49. The van der Waals surface area contributed by atoms with Gasteiger partial charge >= 0.3 is 12.0 Å². The van der Waals surface area contributed by atoms with Gasteiger partial charge in [0.25, 0.3) is 0 Å². The Bertz CT molecular complexity index is 892. The van der Waals surface area contributed by atoms with Crippen LogP contribution >= 0.6 is 0 Å². The molecule has 34 heavy (non-hydrogen) atoms. The van der Waals surface area contributed by atoms with E-state index >= 15 is 0 Å². The Balaban J connectivity index is 2.88. The quantitative estimate of drug-likeness (QED) is 0.0707. The lowest BCUT2D eigenvalue weighted by atomic mass is 10.1. The lowest BCUT2D eigenvalue weighted by molar-refractivity contribution is -0.158. The first-order valence-corrected chi connectivity index (χ1v) is 10.3. The van der Waals surface area contributed by atoms with Gasteiger partial charge in [0.05, 0.1) is 6.04 Å². The second-order valence-corrected chi connectivity index (χ2v) is 7.48. The number of halogens is 2. The first kappa shape index (κ1) is 28.2. The predicted octanol–water partition coefficient (Wildman–Crippen LogP) is -2.21. The van der Waals surface area contributed by atoms with E-state index in [4.69, 9.17) is 22.9 Å². The summed E-state index contributed by atoms with van der Waals surface area (Å²) in [5.41, 5.74) is 21.6. The number of hydrogen-bond acceptors (Lipinski definition) is 6. The van der Waals surface area contributed by atoms with Gasteiger partial charge in [0.15, 0.2) is 5.96 Å². The van der Waals surface area contributed by atoms with Gasteiger partial charge in [-0.3, -0.25) is 29.5 Å². The summed E-state index contributed by atoms with van der Waals surface area (Å²) in [6, 6.07) is -0.0744. The second-order valence-electron chi connectivity index (χ2n) is 7.48. The van der Waals surface area contributed by atoms with Gasteiger partial charge in [0.2, 0.25) is 17.7 Å². The number of nitrogens with two attached hydrogens (primary N) is 4. The lowest BCUT2D eigenvalue weighted by Crippen LogP contribution is -2.61. The van der Waals surface area contributed by atoms with Crippen LogP contribution in [0.4, 0.5) is 8.78 Å². The average molecular weight is 485 g/mol. The number of guanidine groups is 1. The fraction of sp³-hybridized carbons (Fsp3) is 0.450. The number of carbonyl (C=O) groups excluding carboxylic acids is 4. The molecule has 1 rings (SSSR count). The van der Waals surface area contributed by atoms with E-state index in [1.807, 2.05) is 5.32 Å². The summed E-state index contributed by atoms with van der Waals surface area (Å²) in [6.07, 6.45) is -0.117. The van der Waals surface area contributed by atoms with Crippen LogP contribution < -0.4 is 38.9 Å². The van der Waals surface area contributed by atoms with Gasteiger partial charge in [0, 0.05) is 13.0 Å². The standard InChI is InChI=1S/C20H30F2N8O4/c1-11(23)16(32)28-13(8-5-9-27-19(25)26)17(33)30-20(21,22)18(34)29-14(15(24)31)10-12-6-3-2-4-7-12/h2-4,6-7,11,13-14H,5,8-10,23H2,1H3,(H2,24,31)(H,28,32)(H,29,34)(H,30,33)(H4,25,26,27)/t11-,13-,14-/m0/s1. The van der Waals surface area contributed by atoms with Crippen molar-refractivity contribution in [2.75, 3.05) is 6.54 Å². The highest BCUT2D eigenvalue weighted by molar-refractivity contribution is 5.95. The van der Waals surface area contributed by atoms with Gasteiger partial charge in [-0.1, -0.05) is 30.3 Å². The molecular formula is C20H30F2N8O4. The van der Waals surface area contributed by atoms with E-state index in [1.54, 1.807) is 30.3 Å². The van der Waals surface area contributed by atoms with Crippen LogP contribution in [-0.4, -0.2) is 60.3 Å². The maximum atomic E-state index is 14.5. The number of primary amides is 1. The normalized spacial score (nSPS) is 13.6. The van der Waals surface area contributed by atoms with Crippen molar-refractivity contribution in [3.8, 4) is 0 Å². The molecule has 0 aliphatic heterocycles. The number of hydrogen-bond donors (Lipinski definition) is 7. The number of nitrogens with one attached hydrogen (secondary N) is 3. The number of amides is 4. The van der Waals surface area contributed by atoms with Crippen LogP contribution in [0.15, 0.2) is 35.3 Å². The fourth-order valence-corrected chi connectivity index (χ4v) is 2.70. The Morgan fingerprint density at radius 1 is 1.00 bits per heavy atom. The summed E-state index contributed by atoms with van der Waals surface area (Å²) < 4.78 is 29.0. The zero-order valence-corrected chi connectivity index (χ0v) is 18.6. The molecule has 0 aliphatic carbocycles. The van der Waals surface area contributed by atoms with Crippen molar-refractivity contribution < 1.29 is 28.0 Å². The van der Waals surface area contributed by atoms with Crippen molar-refractivity contribution in [2.24, 2.45) is 27.9 Å². The molecule has 0 saturated carbocycles. The van der Waals surface area contributed by atoms with Gasteiger partial charge in [-0.25, -0.2) is 0 Å². The summed E-state index contributed by atoms with van der Waals surface area (Å²) in [5, 5.41) is 5.35. The van der Waals surface area contributed by atoms with Crippen molar-refractivity contribution in [1.82, 2.24) is 16.0 Å². The SMILES string of the molecule is C[C@H](N)C(=O)N[C@@H](CCCN=C(N)N)C(=O)NC(F)(F)C(=O)N[C@@H](Cc1ccccc1)C(N)=O. The minimum Gasteiger partial charge on any atom is -0.370 e. The highest BCUT2D eigenvalue weighted by Crippen LogP contribution is 2.13. The Morgan fingerprint density at radius 3 is 2.15 bits per heavy atom. The minimum atomic E-state index is -4.42.